The van der Waals surface area contributed by atoms with Gasteiger partial charge in [-0.05, 0) is 43.5 Å². The van der Waals surface area contributed by atoms with E-state index >= 15 is 0 Å². The molecule has 1 aliphatic rings. The van der Waals surface area contributed by atoms with E-state index in [1.54, 1.807) is 6.92 Å². The summed E-state index contributed by atoms with van der Waals surface area (Å²) in [5, 5.41) is 0. The van der Waals surface area contributed by atoms with E-state index in [4.69, 9.17) is 0 Å². The van der Waals surface area contributed by atoms with Crippen LogP contribution in [0.1, 0.15) is 54.4 Å². The van der Waals surface area contributed by atoms with Gasteiger partial charge in [-0.3, -0.25) is 9.59 Å². The van der Waals surface area contributed by atoms with Crippen LogP contribution in [-0.4, -0.2) is 11.6 Å². The van der Waals surface area contributed by atoms with E-state index in [0.717, 1.165) is 25.7 Å². The molecule has 1 aliphatic carbocycles. The molecule has 0 saturated heterocycles. The Morgan fingerprint density at radius 3 is 2.53 bits per heavy atom. The highest BCUT2D eigenvalue weighted by molar-refractivity contribution is 6.08. The molecule has 2 rings (SSSR count). The molecule has 0 unspecified atom stereocenters. The Bertz CT molecular complexity index is 488. The van der Waals surface area contributed by atoms with Gasteiger partial charge in [-0.2, -0.15) is 0 Å². The monoisotopic (exact) mass is 262 g/mol. The molecule has 0 bridgehead atoms. The molecule has 2 nitrogen and oxygen atoms in total. The highest BCUT2D eigenvalue weighted by Gasteiger charge is 2.23. The molecule has 0 spiro atoms. The van der Waals surface area contributed by atoms with Crippen molar-refractivity contribution in [2.45, 2.75) is 45.4 Å². The summed E-state index contributed by atoms with van der Waals surface area (Å²) in [6.07, 6.45) is 5.13. The molecule has 1 fully saturated rings. The minimum atomic E-state index is -0.324. The predicted molar refractivity (Wildman–Crippen MR) is 71.7 cm³/mol. The predicted octanol–water partition coefficient (Wildman–Crippen LogP) is 3.86. The Hall–Kier alpha value is -1.51. The number of Topliss-reactive ketones (excluding diaryl/α,β-unsaturated/α-hetero) is 2. The quantitative estimate of drug-likeness (QED) is 0.610. The van der Waals surface area contributed by atoms with Gasteiger partial charge in [0.25, 0.3) is 0 Å². The Morgan fingerprint density at radius 2 is 1.89 bits per heavy atom. The summed E-state index contributed by atoms with van der Waals surface area (Å²) >= 11 is 0. The van der Waals surface area contributed by atoms with Crippen molar-refractivity contribution < 1.29 is 14.0 Å². The minimum Gasteiger partial charge on any atom is -0.299 e. The van der Waals surface area contributed by atoms with Gasteiger partial charge >= 0.3 is 0 Å². The van der Waals surface area contributed by atoms with Gasteiger partial charge in [-0.15, -0.1) is 0 Å². The van der Waals surface area contributed by atoms with Crippen LogP contribution in [0.4, 0.5) is 4.39 Å². The van der Waals surface area contributed by atoms with Crippen molar-refractivity contribution in [2.24, 2.45) is 5.92 Å². The van der Waals surface area contributed by atoms with Gasteiger partial charge < -0.3 is 0 Å². The van der Waals surface area contributed by atoms with Crippen molar-refractivity contribution in [2.75, 3.05) is 0 Å². The van der Waals surface area contributed by atoms with Crippen LogP contribution in [0.15, 0.2) is 18.2 Å². The van der Waals surface area contributed by atoms with Crippen molar-refractivity contribution in [3.05, 3.63) is 35.1 Å². The molecular formula is C16H19FO2. The van der Waals surface area contributed by atoms with Gasteiger partial charge in [0.05, 0.1) is 6.42 Å². The lowest BCUT2D eigenvalue weighted by Gasteiger charge is -2.19. The number of aryl methyl sites for hydroxylation is 1. The van der Waals surface area contributed by atoms with Crippen LogP contribution in [0.3, 0.4) is 0 Å². The number of rotatable bonds is 4. The van der Waals surface area contributed by atoms with E-state index in [0.29, 0.717) is 11.1 Å². The van der Waals surface area contributed by atoms with Gasteiger partial charge in [0.1, 0.15) is 11.6 Å². The highest BCUT2D eigenvalue weighted by atomic mass is 19.1. The van der Waals surface area contributed by atoms with E-state index in [1.165, 1.54) is 24.6 Å². The standard InChI is InChI=1S/C16H19FO2/c1-11-9-13(7-8-14(11)17)16(19)10-15(18)12-5-3-2-4-6-12/h7-9,12H,2-6,10H2,1H3. The fourth-order valence-corrected chi connectivity index (χ4v) is 2.65. The van der Waals surface area contributed by atoms with E-state index in [2.05, 4.69) is 0 Å². The number of hydrogen-bond acceptors (Lipinski definition) is 2. The third-order valence-corrected chi connectivity index (χ3v) is 3.88. The molecule has 102 valence electrons. The smallest absolute Gasteiger partial charge is 0.170 e. The van der Waals surface area contributed by atoms with Gasteiger partial charge in [-0.25, -0.2) is 4.39 Å². The van der Waals surface area contributed by atoms with Crippen LogP contribution in [-0.2, 0) is 4.79 Å². The van der Waals surface area contributed by atoms with Gasteiger partial charge in [0.15, 0.2) is 5.78 Å². The Kier molecular flexibility index (Phi) is 4.46. The molecule has 1 aromatic carbocycles. The highest BCUT2D eigenvalue weighted by Crippen LogP contribution is 2.25. The maximum absolute atomic E-state index is 13.1. The van der Waals surface area contributed by atoms with Crippen LogP contribution < -0.4 is 0 Å². The maximum atomic E-state index is 13.1. The molecule has 0 aliphatic heterocycles. The van der Waals surface area contributed by atoms with Gasteiger partial charge in [0.2, 0.25) is 0 Å². The van der Waals surface area contributed by atoms with Crippen molar-refractivity contribution in [1.29, 1.82) is 0 Å². The summed E-state index contributed by atoms with van der Waals surface area (Å²) < 4.78 is 13.1. The normalized spacial score (nSPS) is 16.3. The largest absolute Gasteiger partial charge is 0.299 e. The van der Waals surface area contributed by atoms with E-state index in [9.17, 15) is 14.0 Å². The lowest BCUT2D eigenvalue weighted by molar-refractivity contribution is -0.122. The van der Waals surface area contributed by atoms with Crippen molar-refractivity contribution >= 4 is 11.6 Å². The molecular weight excluding hydrogens is 243 g/mol. The Morgan fingerprint density at radius 1 is 1.21 bits per heavy atom. The molecule has 0 radical (unpaired) electrons. The fraction of sp³-hybridized carbons (Fsp3) is 0.500. The Labute approximate surface area is 113 Å². The van der Waals surface area contributed by atoms with Crippen molar-refractivity contribution in [1.82, 2.24) is 0 Å². The van der Waals surface area contributed by atoms with Crippen LogP contribution in [0.2, 0.25) is 0 Å². The maximum Gasteiger partial charge on any atom is 0.170 e. The minimum absolute atomic E-state index is 0.0459. The summed E-state index contributed by atoms with van der Waals surface area (Å²) in [7, 11) is 0. The number of halogens is 1. The fourth-order valence-electron chi connectivity index (χ4n) is 2.65. The second-order valence-electron chi connectivity index (χ2n) is 5.37. The first kappa shape index (κ1) is 13.9. The summed E-state index contributed by atoms with van der Waals surface area (Å²) in [5.74, 6) is -0.417. The summed E-state index contributed by atoms with van der Waals surface area (Å²) in [5.41, 5.74) is 0.874. The number of ketones is 2. The SMILES string of the molecule is Cc1cc(C(=O)CC(=O)C2CCCCC2)ccc1F. The lowest BCUT2D eigenvalue weighted by atomic mass is 9.84. The van der Waals surface area contributed by atoms with Crippen molar-refractivity contribution in [3.8, 4) is 0 Å². The molecule has 1 aromatic rings. The molecule has 0 atom stereocenters. The second kappa shape index (κ2) is 6.09. The van der Waals surface area contributed by atoms with Crippen LogP contribution in [0.5, 0.6) is 0 Å². The third kappa shape index (κ3) is 3.49. The van der Waals surface area contributed by atoms with E-state index in [1.807, 2.05) is 0 Å². The van der Waals surface area contributed by atoms with Crippen molar-refractivity contribution in [3.63, 3.8) is 0 Å². The zero-order chi connectivity index (χ0) is 13.8. The van der Waals surface area contributed by atoms with E-state index in [-0.39, 0.29) is 29.7 Å². The second-order valence-corrected chi connectivity index (χ2v) is 5.37. The van der Waals surface area contributed by atoms with Gasteiger partial charge in [-0.1, -0.05) is 19.3 Å². The first-order chi connectivity index (χ1) is 9.08. The molecule has 0 aromatic heterocycles. The van der Waals surface area contributed by atoms with Crippen LogP contribution >= 0.6 is 0 Å². The van der Waals surface area contributed by atoms with E-state index < -0.39 is 0 Å². The molecule has 0 N–H and O–H groups in total. The number of benzene rings is 1. The summed E-state index contributed by atoms with van der Waals surface area (Å²) in [4.78, 5) is 24.1. The third-order valence-electron chi connectivity index (χ3n) is 3.88. The summed E-state index contributed by atoms with van der Waals surface area (Å²) in [6.45, 7) is 1.62. The number of carbonyl (C=O) groups is 2. The molecule has 0 amide bonds. The number of hydrogen-bond donors (Lipinski definition) is 0. The first-order valence-corrected chi connectivity index (χ1v) is 6.90. The topological polar surface area (TPSA) is 34.1 Å². The number of carbonyl (C=O) groups excluding carboxylic acids is 2. The van der Waals surface area contributed by atoms with Crippen LogP contribution in [0.25, 0.3) is 0 Å². The van der Waals surface area contributed by atoms with Crippen LogP contribution in [0, 0.1) is 18.7 Å². The first-order valence-electron chi connectivity index (χ1n) is 6.90. The Balaban J connectivity index is 1.99. The lowest BCUT2D eigenvalue weighted by Crippen LogP contribution is -2.20. The molecule has 0 heterocycles. The molecule has 3 heteroatoms. The zero-order valence-electron chi connectivity index (χ0n) is 11.2. The zero-order valence-corrected chi connectivity index (χ0v) is 11.2. The molecule has 19 heavy (non-hydrogen) atoms. The molecule has 1 saturated carbocycles. The average Bonchev–Trinajstić information content (AvgIpc) is 2.42. The average molecular weight is 262 g/mol. The van der Waals surface area contributed by atoms with Gasteiger partial charge in [0, 0.05) is 11.5 Å². The summed E-state index contributed by atoms with van der Waals surface area (Å²) in [6, 6.07) is 4.26.